The molecule has 0 amide bonds. The van der Waals surface area contributed by atoms with E-state index in [-0.39, 0.29) is 24.0 Å². The van der Waals surface area contributed by atoms with Gasteiger partial charge in [0.25, 0.3) is 0 Å². The van der Waals surface area contributed by atoms with Crippen LogP contribution in [0, 0.1) is 5.92 Å². The van der Waals surface area contributed by atoms with E-state index in [0.29, 0.717) is 0 Å². The largest absolute Gasteiger partial charge is 0.378 e. The summed E-state index contributed by atoms with van der Waals surface area (Å²) in [7, 11) is 4.13. The number of aliphatic imine (C=N–C) groups is 1. The van der Waals surface area contributed by atoms with Crippen LogP contribution in [0.25, 0.3) is 0 Å². The van der Waals surface area contributed by atoms with E-state index < -0.39 is 0 Å². The fourth-order valence-corrected chi connectivity index (χ4v) is 2.71. The first kappa shape index (κ1) is 20.1. The van der Waals surface area contributed by atoms with E-state index in [4.69, 9.17) is 4.99 Å². The lowest BCUT2D eigenvalue weighted by molar-refractivity contribution is 0.273. The number of nitrogens with one attached hydrogen (secondary N) is 1. The van der Waals surface area contributed by atoms with Gasteiger partial charge in [-0.05, 0) is 43.4 Å². The first-order valence-corrected chi connectivity index (χ1v) is 8.39. The van der Waals surface area contributed by atoms with Gasteiger partial charge in [-0.15, -0.1) is 24.0 Å². The quantitative estimate of drug-likeness (QED) is 0.450. The van der Waals surface area contributed by atoms with E-state index in [0.717, 1.165) is 38.1 Å². The molecule has 4 nitrogen and oxygen atoms in total. The molecule has 0 atom stereocenters. The molecular weight excluding hydrogens is 399 g/mol. The highest BCUT2D eigenvalue weighted by Gasteiger charge is 2.18. The molecule has 1 N–H and O–H groups in total. The monoisotopic (exact) mass is 430 g/mol. The third-order valence-electron chi connectivity index (χ3n) is 4.28. The predicted molar refractivity (Wildman–Crippen MR) is 111 cm³/mol. The normalized spacial score (nSPS) is 16.0. The van der Waals surface area contributed by atoms with Crippen LogP contribution >= 0.6 is 24.0 Å². The van der Waals surface area contributed by atoms with E-state index in [1.165, 1.54) is 24.1 Å². The van der Waals surface area contributed by atoms with Crippen molar-refractivity contribution in [1.82, 2.24) is 10.2 Å². The average Bonchev–Trinajstić information content (AvgIpc) is 2.53. The highest BCUT2D eigenvalue weighted by molar-refractivity contribution is 14.0. The third-order valence-corrected chi connectivity index (χ3v) is 4.28. The van der Waals surface area contributed by atoms with Crippen molar-refractivity contribution in [1.29, 1.82) is 0 Å². The molecule has 0 unspecified atom stereocenters. The number of halogens is 1. The summed E-state index contributed by atoms with van der Waals surface area (Å²) in [6.07, 6.45) is 2.53. The van der Waals surface area contributed by atoms with Gasteiger partial charge >= 0.3 is 0 Å². The molecule has 5 heteroatoms. The molecule has 0 spiro atoms. The van der Waals surface area contributed by atoms with Crippen molar-refractivity contribution in [3.63, 3.8) is 0 Å². The minimum atomic E-state index is 0. The van der Waals surface area contributed by atoms with E-state index in [1.54, 1.807) is 0 Å². The standard InChI is InChI=1S/C18H30N4.HI/c1-5-19-18(22-12-10-15(2)11-13-22)20-14-16-6-8-17(9-7-16)21(3)4;/h6-9,15H,5,10-14H2,1-4H3,(H,19,20);1H. The highest BCUT2D eigenvalue weighted by Crippen LogP contribution is 2.17. The molecule has 130 valence electrons. The number of guanidine groups is 1. The lowest BCUT2D eigenvalue weighted by atomic mass is 10.00. The van der Waals surface area contributed by atoms with Crippen LogP contribution in [0.15, 0.2) is 29.3 Å². The van der Waals surface area contributed by atoms with Gasteiger partial charge in [0, 0.05) is 39.4 Å². The molecule has 1 saturated heterocycles. The van der Waals surface area contributed by atoms with Crippen molar-refractivity contribution in [3.8, 4) is 0 Å². The Morgan fingerprint density at radius 2 is 1.83 bits per heavy atom. The number of rotatable bonds is 4. The van der Waals surface area contributed by atoms with Crippen molar-refractivity contribution >= 4 is 35.6 Å². The van der Waals surface area contributed by atoms with E-state index in [1.807, 2.05) is 0 Å². The Bertz CT molecular complexity index is 476. The van der Waals surface area contributed by atoms with Crippen LogP contribution in [0.1, 0.15) is 32.3 Å². The maximum Gasteiger partial charge on any atom is 0.194 e. The van der Waals surface area contributed by atoms with Gasteiger partial charge in [0.05, 0.1) is 6.54 Å². The number of benzene rings is 1. The number of nitrogens with zero attached hydrogens (tertiary/aromatic N) is 3. The van der Waals surface area contributed by atoms with Crippen molar-refractivity contribution in [2.75, 3.05) is 38.6 Å². The van der Waals surface area contributed by atoms with Crippen molar-refractivity contribution < 1.29 is 0 Å². The zero-order valence-electron chi connectivity index (χ0n) is 14.9. The first-order chi connectivity index (χ1) is 10.6. The average molecular weight is 430 g/mol. The smallest absolute Gasteiger partial charge is 0.194 e. The van der Waals surface area contributed by atoms with Gasteiger partial charge in [-0.2, -0.15) is 0 Å². The fraction of sp³-hybridized carbons (Fsp3) is 0.611. The Morgan fingerprint density at radius 1 is 1.22 bits per heavy atom. The van der Waals surface area contributed by atoms with Crippen LogP contribution in [0.5, 0.6) is 0 Å². The minimum absolute atomic E-state index is 0. The molecule has 0 bridgehead atoms. The van der Waals surface area contributed by atoms with Crippen molar-refractivity contribution in [3.05, 3.63) is 29.8 Å². The Hall–Kier alpha value is -0.980. The van der Waals surface area contributed by atoms with Gasteiger partial charge in [-0.1, -0.05) is 19.1 Å². The highest BCUT2D eigenvalue weighted by atomic mass is 127. The number of piperidine rings is 1. The summed E-state index contributed by atoms with van der Waals surface area (Å²) in [6, 6.07) is 8.64. The molecule has 0 aliphatic carbocycles. The Kier molecular flexibility index (Phi) is 8.73. The molecule has 1 aliphatic heterocycles. The lowest BCUT2D eigenvalue weighted by Gasteiger charge is -2.33. The molecule has 0 saturated carbocycles. The summed E-state index contributed by atoms with van der Waals surface area (Å²) in [5, 5.41) is 3.43. The first-order valence-electron chi connectivity index (χ1n) is 8.39. The molecule has 0 radical (unpaired) electrons. The van der Waals surface area contributed by atoms with Gasteiger partial charge in [0.15, 0.2) is 5.96 Å². The maximum atomic E-state index is 4.82. The van der Waals surface area contributed by atoms with Crippen LogP contribution in [-0.4, -0.2) is 44.6 Å². The maximum absolute atomic E-state index is 4.82. The van der Waals surface area contributed by atoms with Crippen LogP contribution in [0.3, 0.4) is 0 Å². The summed E-state index contributed by atoms with van der Waals surface area (Å²) >= 11 is 0. The second kappa shape index (κ2) is 10.0. The molecule has 1 aromatic rings. The van der Waals surface area contributed by atoms with E-state index in [9.17, 15) is 0 Å². The summed E-state index contributed by atoms with van der Waals surface area (Å²) in [6.45, 7) is 8.37. The zero-order valence-corrected chi connectivity index (χ0v) is 17.2. The number of hydrogen-bond donors (Lipinski definition) is 1. The van der Waals surface area contributed by atoms with Crippen LogP contribution in [-0.2, 0) is 6.54 Å². The molecule has 23 heavy (non-hydrogen) atoms. The molecule has 1 fully saturated rings. The van der Waals surface area contributed by atoms with Crippen LogP contribution in [0.4, 0.5) is 5.69 Å². The van der Waals surface area contributed by atoms with Gasteiger partial charge in [-0.3, -0.25) is 0 Å². The Labute approximate surface area is 158 Å². The lowest BCUT2D eigenvalue weighted by Crippen LogP contribution is -2.45. The summed E-state index contributed by atoms with van der Waals surface area (Å²) in [5.74, 6) is 1.91. The van der Waals surface area contributed by atoms with E-state index >= 15 is 0 Å². The summed E-state index contributed by atoms with van der Waals surface area (Å²) in [4.78, 5) is 9.34. The second-order valence-corrected chi connectivity index (χ2v) is 6.40. The minimum Gasteiger partial charge on any atom is -0.378 e. The Morgan fingerprint density at radius 3 is 2.35 bits per heavy atom. The second-order valence-electron chi connectivity index (χ2n) is 6.40. The van der Waals surface area contributed by atoms with Gasteiger partial charge in [0.1, 0.15) is 0 Å². The molecule has 1 heterocycles. The van der Waals surface area contributed by atoms with Crippen molar-refractivity contribution in [2.24, 2.45) is 10.9 Å². The molecule has 0 aromatic heterocycles. The van der Waals surface area contributed by atoms with Crippen LogP contribution in [0.2, 0.25) is 0 Å². The van der Waals surface area contributed by atoms with Crippen molar-refractivity contribution in [2.45, 2.75) is 33.2 Å². The molecule has 1 aromatic carbocycles. The summed E-state index contributed by atoms with van der Waals surface area (Å²) < 4.78 is 0. The number of likely N-dealkylation sites (tertiary alicyclic amines) is 1. The topological polar surface area (TPSA) is 30.9 Å². The van der Waals surface area contributed by atoms with Gasteiger partial charge in [-0.25, -0.2) is 4.99 Å². The van der Waals surface area contributed by atoms with Gasteiger partial charge in [0.2, 0.25) is 0 Å². The van der Waals surface area contributed by atoms with E-state index in [2.05, 4.69) is 67.3 Å². The Balaban J connectivity index is 0.00000264. The van der Waals surface area contributed by atoms with Gasteiger partial charge < -0.3 is 15.1 Å². The predicted octanol–water partition coefficient (Wildman–Crippen LogP) is 3.57. The number of hydrogen-bond acceptors (Lipinski definition) is 2. The van der Waals surface area contributed by atoms with Crippen LogP contribution < -0.4 is 10.2 Å². The number of anilines is 1. The summed E-state index contributed by atoms with van der Waals surface area (Å²) in [5.41, 5.74) is 2.48. The fourth-order valence-electron chi connectivity index (χ4n) is 2.71. The molecule has 2 rings (SSSR count). The molecule has 1 aliphatic rings. The molecular formula is C18H31IN4. The SMILES string of the molecule is CCNC(=NCc1ccc(N(C)C)cc1)N1CCC(C)CC1.I. The third kappa shape index (κ3) is 6.20. The zero-order chi connectivity index (χ0) is 15.9.